The fourth-order valence-electron chi connectivity index (χ4n) is 1.97. The van der Waals surface area contributed by atoms with Gasteiger partial charge in [-0.05, 0) is 18.6 Å². The second kappa shape index (κ2) is 4.47. The average Bonchev–Trinajstić information content (AvgIpc) is 2.30. The van der Waals surface area contributed by atoms with Crippen LogP contribution < -0.4 is 10.2 Å². The summed E-state index contributed by atoms with van der Waals surface area (Å²) in [7, 11) is 0. The number of nitrogens with zero attached hydrogens (tertiary/aromatic N) is 1. The molecule has 1 N–H and O–H groups in total. The minimum atomic E-state index is 0.656. The van der Waals surface area contributed by atoms with Crippen LogP contribution in [0.3, 0.4) is 0 Å². The van der Waals surface area contributed by atoms with Crippen LogP contribution in [0.2, 0.25) is 0 Å². The molecule has 2 nitrogen and oxygen atoms in total. The molecule has 1 unspecified atom stereocenters. The topological polar surface area (TPSA) is 15.3 Å². The van der Waals surface area contributed by atoms with Crippen molar-refractivity contribution in [3.05, 3.63) is 30.3 Å². The van der Waals surface area contributed by atoms with Crippen molar-refractivity contribution in [3.8, 4) is 0 Å². The summed E-state index contributed by atoms with van der Waals surface area (Å²) >= 11 is 0. The Hall–Kier alpha value is -1.02. The van der Waals surface area contributed by atoms with Crippen LogP contribution in [0.5, 0.6) is 0 Å². The van der Waals surface area contributed by atoms with Gasteiger partial charge in [-0.1, -0.05) is 25.1 Å². The van der Waals surface area contributed by atoms with Crippen molar-refractivity contribution in [1.29, 1.82) is 0 Å². The van der Waals surface area contributed by atoms with Gasteiger partial charge in [-0.15, -0.1) is 0 Å². The van der Waals surface area contributed by atoms with E-state index >= 15 is 0 Å². The highest BCUT2D eigenvalue weighted by Crippen LogP contribution is 2.15. The Bertz CT molecular complexity index is 271. The van der Waals surface area contributed by atoms with Gasteiger partial charge in [-0.2, -0.15) is 0 Å². The Morgan fingerprint density at radius 2 is 2.14 bits per heavy atom. The SMILES string of the molecule is CCC1CN(c2ccccc2)CCN1. The first-order chi connectivity index (χ1) is 6.90. The van der Waals surface area contributed by atoms with Crippen molar-refractivity contribution < 1.29 is 0 Å². The summed E-state index contributed by atoms with van der Waals surface area (Å²) in [6, 6.07) is 11.3. The lowest BCUT2D eigenvalue weighted by atomic mass is 10.1. The summed E-state index contributed by atoms with van der Waals surface area (Å²) in [5, 5.41) is 3.53. The van der Waals surface area contributed by atoms with Crippen LogP contribution >= 0.6 is 0 Å². The summed E-state index contributed by atoms with van der Waals surface area (Å²) in [5.41, 5.74) is 1.35. The molecule has 1 aliphatic rings. The maximum atomic E-state index is 3.53. The number of para-hydroxylation sites is 1. The zero-order valence-corrected chi connectivity index (χ0v) is 8.74. The van der Waals surface area contributed by atoms with Gasteiger partial charge in [0.05, 0.1) is 0 Å². The van der Waals surface area contributed by atoms with Crippen LogP contribution in [0.25, 0.3) is 0 Å². The lowest BCUT2D eigenvalue weighted by molar-refractivity contribution is 0.447. The van der Waals surface area contributed by atoms with E-state index in [0.717, 1.165) is 19.6 Å². The molecule has 1 aromatic rings. The molecule has 2 heteroatoms. The Morgan fingerprint density at radius 1 is 1.36 bits per heavy atom. The van der Waals surface area contributed by atoms with Crippen LogP contribution in [0.15, 0.2) is 30.3 Å². The summed E-state index contributed by atoms with van der Waals surface area (Å²) < 4.78 is 0. The van der Waals surface area contributed by atoms with Gasteiger partial charge in [-0.3, -0.25) is 0 Å². The largest absolute Gasteiger partial charge is 0.369 e. The molecule has 1 heterocycles. The lowest BCUT2D eigenvalue weighted by Crippen LogP contribution is -2.50. The summed E-state index contributed by atoms with van der Waals surface area (Å²) in [4.78, 5) is 2.46. The highest BCUT2D eigenvalue weighted by Gasteiger charge is 2.17. The van der Waals surface area contributed by atoms with Gasteiger partial charge in [0.2, 0.25) is 0 Å². The molecule has 0 aromatic heterocycles. The van der Waals surface area contributed by atoms with Crippen molar-refractivity contribution in [2.24, 2.45) is 0 Å². The van der Waals surface area contributed by atoms with E-state index in [1.54, 1.807) is 0 Å². The van der Waals surface area contributed by atoms with E-state index in [0.29, 0.717) is 6.04 Å². The minimum absolute atomic E-state index is 0.656. The Morgan fingerprint density at radius 3 is 2.86 bits per heavy atom. The van der Waals surface area contributed by atoms with Crippen molar-refractivity contribution in [2.75, 3.05) is 24.5 Å². The molecule has 0 amide bonds. The van der Waals surface area contributed by atoms with Gasteiger partial charge in [0.1, 0.15) is 0 Å². The smallest absolute Gasteiger partial charge is 0.0367 e. The molecule has 1 saturated heterocycles. The normalized spacial score (nSPS) is 22.4. The lowest BCUT2D eigenvalue weighted by Gasteiger charge is -2.34. The molecule has 0 bridgehead atoms. The quantitative estimate of drug-likeness (QED) is 0.766. The Kier molecular flexibility index (Phi) is 3.04. The third kappa shape index (κ3) is 2.07. The van der Waals surface area contributed by atoms with Gasteiger partial charge in [0.15, 0.2) is 0 Å². The van der Waals surface area contributed by atoms with Crippen molar-refractivity contribution in [3.63, 3.8) is 0 Å². The Balaban J connectivity index is 2.04. The molecule has 1 aromatic carbocycles. The second-order valence-corrected chi connectivity index (χ2v) is 3.84. The summed E-state index contributed by atoms with van der Waals surface area (Å²) in [5.74, 6) is 0. The first-order valence-electron chi connectivity index (χ1n) is 5.43. The molecule has 14 heavy (non-hydrogen) atoms. The fraction of sp³-hybridized carbons (Fsp3) is 0.500. The summed E-state index contributed by atoms with van der Waals surface area (Å²) in [6.07, 6.45) is 1.21. The number of hydrogen-bond donors (Lipinski definition) is 1. The highest BCUT2D eigenvalue weighted by atomic mass is 15.2. The predicted octanol–water partition coefficient (Wildman–Crippen LogP) is 1.87. The average molecular weight is 190 g/mol. The first-order valence-corrected chi connectivity index (χ1v) is 5.43. The maximum absolute atomic E-state index is 3.53. The van der Waals surface area contributed by atoms with Crippen molar-refractivity contribution in [1.82, 2.24) is 5.32 Å². The molecule has 0 spiro atoms. The van der Waals surface area contributed by atoms with Gasteiger partial charge >= 0.3 is 0 Å². The molecule has 0 saturated carbocycles. The highest BCUT2D eigenvalue weighted by molar-refractivity contribution is 5.46. The zero-order chi connectivity index (χ0) is 9.80. The van der Waals surface area contributed by atoms with Crippen LogP contribution in [-0.2, 0) is 0 Å². The minimum Gasteiger partial charge on any atom is -0.369 e. The zero-order valence-electron chi connectivity index (χ0n) is 8.74. The van der Waals surface area contributed by atoms with E-state index in [9.17, 15) is 0 Å². The van der Waals surface area contributed by atoms with E-state index < -0.39 is 0 Å². The number of rotatable bonds is 2. The van der Waals surface area contributed by atoms with E-state index in [1.165, 1.54) is 12.1 Å². The van der Waals surface area contributed by atoms with Crippen LogP contribution in [0, 0.1) is 0 Å². The molecule has 76 valence electrons. The molecule has 0 aliphatic carbocycles. The number of piperazine rings is 1. The van der Waals surface area contributed by atoms with Crippen LogP contribution in [-0.4, -0.2) is 25.7 Å². The summed E-state index contributed by atoms with van der Waals surface area (Å²) in [6.45, 7) is 5.61. The molecular formula is C12H18N2. The van der Waals surface area contributed by atoms with Crippen LogP contribution in [0.1, 0.15) is 13.3 Å². The van der Waals surface area contributed by atoms with E-state index in [-0.39, 0.29) is 0 Å². The molecule has 0 radical (unpaired) electrons. The molecule has 1 atom stereocenters. The van der Waals surface area contributed by atoms with E-state index in [4.69, 9.17) is 0 Å². The van der Waals surface area contributed by atoms with Gasteiger partial charge in [0.25, 0.3) is 0 Å². The maximum Gasteiger partial charge on any atom is 0.0367 e. The molecule has 2 rings (SSSR count). The van der Waals surface area contributed by atoms with Crippen molar-refractivity contribution in [2.45, 2.75) is 19.4 Å². The van der Waals surface area contributed by atoms with Gasteiger partial charge < -0.3 is 10.2 Å². The van der Waals surface area contributed by atoms with Crippen LogP contribution in [0.4, 0.5) is 5.69 Å². The third-order valence-electron chi connectivity index (χ3n) is 2.87. The third-order valence-corrected chi connectivity index (χ3v) is 2.87. The predicted molar refractivity (Wildman–Crippen MR) is 60.7 cm³/mol. The number of hydrogen-bond acceptors (Lipinski definition) is 2. The molecule has 1 fully saturated rings. The number of benzene rings is 1. The molecular weight excluding hydrogens is 172 g/mol. The monoisotopic (exact) mass is 190 g/mol. The second-order valence-electron chi connectivity index (χ2n) is 3.84. The number of anilines is 1. The fourth-order valence-corrected chi connectivity index (χ4v) is 1.97. The van der Waals surface area contributed by atoms with Crippen molar-refractivity contribution >= 4 is 5.69 Å². The standard InChI is InChI=1S/C12H18N2/c1-2-11-10-14(9-8-13-11)12-6-4-3-5-7-12/h3-7,11,13H,2,8-10H2,1H3. The molecule has 1 aliphatic heterocycles. The number of nitrogens with one attached hydrogen (secondary N) is 1. The van der Waals surface area contributed by atoms with E-state index in [2.05, 4.69) is 47.5 Å². The van der Waals surface area contributed by atoms with Gasteiger partial charge in [0, 0.05) is 31.4 Å². The van der Waals surface area contributed by atoms with Gasteiger partial charge in [-0.25, -0.2) is 0 Å². The Labute approximate surface area is 85.9 Å². The first kappa shape index (κ1) is 9.53. The van der Waals surface area contributed by atoms with E-state index in [1.807, 2.05) is 0 Å².